The van der Waals surface area contributed by atoms with E-state index in [9.17, 15) is 5.26 Å². The zero-order valence-electron chi connectivity index (χ0n) is 52.9. The minimum Gasteiger partial charge on any atom is -0.309 e. The number of para-hydroxylation sites is 3. The van der Waals surface area contributed by atoms with Gasteiger partial charge in [0.25, 0.3) is 0 Å². The Morgan fingerprint density at radius 1 is 0.232 bits per heavy atom. The van der Waals surface area contributed by atoms with Crippen LogP contribution in [0.3, 0.4) is 0 Å². The molecule has 0 amide bonds. The molecule has 0 aliphatic rings. The molecule has 0 saturated heterocycles. The van der Waals surface area contributed by atoms with Crippen LogP contribution < -0.4 is 0 Å². The van der Waals surface area contributed by atoms with Crippen LogP contribution >= 0.6 is 34.0 Å². The first-order valence-corrected chi connectivity index (χ1v) is 36.0. The van der Waals surface area contributed by atoms with Crippen molar-refractivity contribution >= 4 is 182 Å². The second-order valence-corrected chi connectivity index (χ2v) is 29.3. The monoisotopic (exact) mass is 1310 g/mol. The molecule has 0 N–H and O–H groups in total. The lowest BCUT2D eigenvalue weighted by Crippen LogP contribution is -1.96. The lowest BCUT2D eigenvalue weighted by Gasteiger charge is -2.14. The molecule has 0 spiro atoms. The van der Waals surface area contributed by atoms with Crippen molar-refractivity contribution in [2.75, 3.05) is 0 Å². The zero-order chi connectivity index (χ0) is 64.7. The van der Waals surface area contributed by atoms with Crippen molar-refractivity contribution in [3.8, 4) is 62.2 Å². The van der Waals surface area contributed by atoms with Gasteiger partial charge in [-0.25, -0.2) is 0 Å². The van der Waals surface area contributed by atoms with E-state index in [1.165, 1.54) is 159 Å². The lowest BCUT2D eigenvalue weighted by atomic mass is 9.95. The quantitative estimate of drug-likeness (QED) is 0.157. The molecule has 458 valence electrons. The van der Waals surface area contributed by atoms with E-state index in [1.807, 2.05) is 46.1 Å². The number of aromatic nitrogens is 4. The average molecular weight is 1310 g/mol. The van der Waals surface area contributed by atoms with Gasteiger partial charge in [0.05, 0.1) is 77.5 Å². The summed E-state index contributed by atoms with van der Waals surface area (Å²) >= 11 is 5.64. The van der Waals surface area contributed by atoms with Crippen molar-refractivity contribution in [3.63, 3.8) is 0 Å². The molecule has 0 bridgehead atoms. The van der Waals surface area contributed by atoms with E-state index >= 15 is 0 Å². The molecule has 0 fully saturated rings. The Balaban J connectivity index is 0.735. The molecule has 7 heterocycles. The summed E-state index contributed by atoms with van der Waals surface area (Å²) in [4.78, 5) is 0. The topological polar surface area (TPSA) is 43.5 Å². The summed E-state index contributed by atoms with van der Waals surface area (Å²) in [6, 6.07) is 117. The summed E-state index contributed by atoms with van der Waals surface area (Å²) in [5.41, 5.74) is 21.6. The Hall–Kier alpha value is -12.4. The van der Waals surface area contributed by atoms with Crippen molar-refractivity contribution in [1.82, 2.24) is 18.3 Å². The maximum atomic E-state index is 9.69. The van der Waals surface area contributed by atoms with Gasteiger partial charge in [-0.3, -0.25) is 0 Å². The third-order valence-corrected chi connectivity index (χ3v) is 24.6. The van der Waals surface area contributed by atoms with E-state index in [-0.39, 0.29) is 0 Å². The second-order valence-electron chi connectivity index (χ2n) is 26.1. The van der Waals surface area contributed by atoms with Crippen LogP contribution in [0.1, 0.15) is 5.56 Å². The molecule has 7 aromatic heterocycles. The first kappa shape index (κ1) is 54.9. The highest BCUT2D eigenvalue weighted by atomic mass is 32.1. The molecule has 99 heavy (non-hydrogen) atoms. The van der Waals surface area contributed by atoms with Crippen molar-refractivity contribution in [3.05, 3.63) is 315 Å². The summed E-state index contributed by atoms with van der Waals surface area (Å²) in [5, 5.41) is 27.0. The number of nitriles is 1. The predicted octanol–water partition coefficient (Wildman–Crippen LogP) is 26.1. The largest absolute Gasteiger partial charge is 0.309 e. The van der Waals surface area contributed by atoms with Crippen molar-refractivity contribution in [2.45, 2.75) is 0 Å². The molecule has 0 aliphatic carbocycles. The fourth-order valence-electron chi connectivity index (χ4n) is 16.7. The molecular weight excluding hydrogens is 1260 g/mol. The average Bonchev–Trinajstić information content (AvgIpc) is 1.56. The fourth-order valence-corrected chi connectivity index (χ4v) is 20.3. The second kappa shape index (κ2) is 20.8. The maximum absolute atomic E-state index is 9.69. The summed E-state index contributed by atoms with van der Waals surface area (Å²) in [6.07, 6.45) is 0. The van der Waals surface area contributed by atoms with E-state index in [4.69, 9.17) is 0 Å². The van der Waals surface area contributed by atoms with Crippen LogP contribution in [0.4, 0.5) is 0 Å². The number of fused-ring (bicyclic) bond motifs is 21. The van der Waals surface area contributed by atoms with Crippen LogP contribution in [0, 0.1) is 11.3 Å². The van der Waals surface area contributed by atoms with Gasteiger partial charge >= 0.3 is 0 Å². The molecule has 0 aliphatic heterocycles. The molecule has 22 rings (SSSR count). The standard InChI is InChI=1S/C91H51N5S3/c92-52-53-34-40-58(41-35-53)93-72-24-7-1-16-59(72)68-48-56(36-43-75(68)93)57-39-46-78-71(51-57)87-63(22-13-27-79(87)96(78)82-29-14-23-64-62-19-4-10-30-83(62)98-90(64)82)65-42-47-81(89-67-21-6-12-32-85(67)99-91(65)89)95-74-26-9-3-18-61(74)70-50-55(38-45-77(70)95)54-37-44-76-69(49-54)60-17-2-8-25-73(60)94(76)80-28-15-33-86-88(80)66-20-5-11-31-84(66)97-86/h1-51H. The third-order valence-electron chi connectivity index (χ3n) is 21.0. The van der Waals surface area contributed by atoms with E-state index in [1.54, 1.807) is 0 Å². The zero-order valence-corrected chi connectivity index (χ0v) is 55.4. The molecule has 5 nitrogen and oxygen atoms in total. The van der Waals surface area contributed by atoms with Crippen molar-refractivity contribution < 1.29 is 0 Å². The summed E-state index contributed by atoms with van der Waals surface area (Å²) in [7, 11) is 0. The van der Waals surface area contributed by atoms with Gasteiger partial charge < -0.3 is 18.3 Å². The number of nitrogens with zero attached hydrogens (tertiary/aromatic N) is 5. The van der Waals surface area contributed by atoms with Gasteiger partial charge in [0.2, 0.25) is 0 Å². The Morgan fingerprint density at radius 2 is 0.646 bits per heavy atom. The van der Waals surface area contributed by atoms with Gasteiger partial charge in [0.15, 0.2) is 0 Å². The van der Waals surface area contributed by atoms with Crippen LogP contribution in [0.2, 0.25) is 0 Å². The van der Waals surface area contributed by atoms with Crippen LogP contribution in [0.25, 0.3) is 204 Å². The third kappa shape index (κ3) is 7.83. The fraction of sp³-hybridized carbons (Fsp3) is 0. The molecular formula is C91H51N5S3. The highest BCUT2D eigenvalue weighted by Gasteiger charge is 2.26. The van der Waals surface area contributed by atoms with Crippen LogP contribution in [0.15, 0.2) is 309 Å². The van der Waals surface area contributed by atoms with Gasteiger partial charge in [-0.1, -0.05) is 170 Å². The Morgan fingerprint density at radius 3 is 1.26 bits per heavy atom. The maximum Gasteiger partial charge on any atom is 0.0991 e. The van der Waals surface area contributed by atoms with E-state index in [2.05, 4.69) is 322 Å². The normalized spacial score (nSPS) is 12.2. The summed E-state index contributed by atoms with van der Waals surface area (Å²) < 4.78 is 17.6. The number of hydrogen-bond donors (Lipinski definition) is 0. The number of hydrogen-bond acceptors (Lipinski definition) is 4. The SMILES string of the molecule is N#Cc1ccc(-n2c3ccccc3c3cc(-c4ccc5c(c4)c4c(-c6ccc(-n7c8ccccc8c8cc(-c9ccc%10c(c9)c9ccccc9n%10-c9cccc%10sc%11ccccc%11c9%10)ccc87)c7c6sc6ccccc67)cccc4n5-c4cccc5c4sc4ccccc45)ccc32)cc1. The Labute approximate surface area is 578 Å². The van der Waals surface area contributed by atoms with Crippen LogP contribution in [0.5, 0.6) is 0 Å². The minimum absolute atomic E-state index is 0.644. The first-order chi connectivity index (χ1) is 49.1. The lowest BCUT2D eigenvalue weighted by molar-refractivity contribution is 1.18. The van der Waals surface area contributed by atoms with Gasteiger partial charge in [-0.2, -0.15) is 5.26 Å². The number of rotatable bonds is 7. The molecule has 0 radical (unpaired) electrons. The van der Waals surface area contributed by atoms with Crippen LogP contribution in [-0.4, -0.2) is 18.3 Å². The molecule has 15 aromatic carbocycles. The van der Waals surface area contributed by atoms with E-state index < -0.39 is 0 Å². The molecule has 0 unspecified atom stereocenters. The summed E-state index contributed by atoms with van der Waals surface area (Å²) in [5.74, 6) is 0. The Bertz CT molecular complexity index is 7310. The number of benzene rings is 15. The van der Waals surface area contributed by atoms with Gasteiger partial charge in [0, 0.05) is 110 Å². The van der Waals surface area contributed by atoms with E-state index in [0.717, 1.165) is 44.6 Å². The van der Waals surface area contributed by atoms with Gasteiger partial charge in [-0.05, 0) is 167 Å². The van der Waals surface area contributed by atoms with E-state index in [0.29, 0.717) is 5.56 Å². The first-order valence-electron chi connectivity index (χ1n) is 33.5. The van der Waals surface area contributed by atoms with Crippen molar-refractivity contribution in [2.24, 2.45) is 0 Å². The Kier molecular flexibility index (Phi) is 11.5. The summed E-state index contributed by atoms with van der Waals surface area (Å²) in [6.45, 7) is 0. The highest BCUT2D eigenvalue weighted by Crippen LogP contribution is 2.51. The van der Waals surface area contributed by atoms with Crippen molar-refractivity contribution in [1.29, 1.82) is 5.26 Å². The van der Waals surface area contributed by atoms with Gasteiger partial charge in [-0.15, -0.1) is 34.0 Å². The minimum atomic E-state index is 0.644. The number of thiophene rings is 3. The highest BCUT2D eigenvalue weighted by molar-refractivity contribution is 7.27. The molecule has 22 aromatic rings. The predicted molar refractivity (Wildman–Crippen MR) is 423 cm³/mol. The van der Waals surface area contributed by atoms with Gasteiger partial charge in [0.1, 0.15) is 0 Å². The molecule has 8 heteroatoms. The smallest absolute Gasteiger partial charge is 0.0991 e. The molecule has 0 saturated carbocycles. The molecule has 0 atom stereocenters. The van der Waals surface area contributed by atoms with Crippen LogP contribution in [-0.2, 0) is 0 Å².